The third-order valence-electron chi connectivity index (χ3n) is 7.40. The van der Waals surface area contributed by atoms with Gasteiger partial charge in [-0.2, -0.15) is 8.78 Å². The monoisotopic (exact) mass is 562 g/mol. The van der Waals surface area contributed by atoms with Crippen LogP contribution in [0.15, 0.2) is 36.4 Å². The van der Waals surface area contributed by atoms with Crippen molar-refractivity contribution in [2.24, 2.45) is 0 Å². The Hall–Kier alpha value is -3.42. The second kappa shape index (κ2) is 13.3. The van der Waals surface area contributed by atoms with Crippen LogP contribution in [0.5, 0.6) is 11.5 Å². The van der Waals surface area contributed by atoms with Gasteiger partial charge in [0, 0.05) is 11.1 Å². The molecular weight excluding hydrogens is 530 g/mol. The number of hydrogen-bond acceptors (Lipinski definition) is 2. The molecule has 2 nitrogen and oxygen atoms in total. The summed E-state index contributed by atoms with van der Waals surface area (Å²) in [6, 6.07) is 8.45. The van der Waals surface area contributed by atoms with Crippen molar-refractivity contribution >= 4 is 12.2 Å². The first-order chi connectivity index (χ1) is 19.3. The fourth-order valence-corrected chi connectivity index (χ4v) is 5.16. The molecule has 0 spiro atoms. The maximum absolute atomic E-state index is 15.1. The highest BCUT2D eigenvalue weighted by atomic mass is 19.2. The van der Waals surface area contributed by atoms with Gasteiger partial charge in [0.25, 0.3) is 0 Å². The van der Waals surface area contributed by atoms with Gasteiger partial charge in [0.2, 0.25) is 11.6 Å². The molecule has 1 fully saturated rings. The summed E-state index contributed by atoms with van der Waals surface area (Å²) >= 11 is 0. The van der Waals surface area contributed by atoms with E-state index in [4.69, 9.17) is 9.47 Å². The molecule has 1 aliphatic rings. The molecule has 214 valence electrons. The zero-order valence-corrected chi connectivity index (χ0v) is 22.5. The second-order valence-corrected chi connectivity index (χ2v) is 9.95. The smallest absolute Gasteiger partial charge is 0.201 e. The maximum atomic E-state index is 15.1. The molecule has 0 aromatic heterocycles. The summed E-state index contributed by atoms with van der Waals surface area (Å²) in [5, 5.41) is 0. The summed E-state index contributed by atoms with van der Waals surface area (Å²) in [6.45, 7) is 4.11. The predicted molar refractivity (Wildman–Crippen MR) is 144 cm³/mol. The third kappa shape index (κ3) is 6.31. The van der Waals surface area contributed by atoms with Gasteiger partial charge in [-0.15, -0.1) is 0 Å². The Morgan fingerprint density at radius 3 is 1.62 bits per heavy atom. The molecule has 40 heavy (non-hydrogen) atoms. The Balaban J connectivity index is 1.44. The molecule has 4 rings (SSSR count). The molecule has 0 unspecified atom stereocenters. The normalized spacial score (nSPS) is 17.4. The molecule has 0 heterocycles. The SMILES string of the molecule is CCCCOc1ccc(/C=C/c2ccc(C3CCC(c4ccc(OCC)c(F)c4F)CC3)c(F)c2F)c(F)c1F. The van der Waals surface area contributed by atoms with Gasteiger partial charge in [-0.25, -0.2) is 17.6 Å². The van der Waals surface area contributed by atoms with Crippen molar-refractivity contribution in [2.75, 3.05) is 13.2 Å². The summed E-state index contributed by atoms with van der Waals surface area (Å²) in [5.74, 6) is -7.17. The van der Waals surface area contributed by atoms with E-state index in [1.165, 1.54) is 48.6 Å². The Kier molecular flexibility index (Phi) is 9.82. The molecule has 0 atom stereocenters. The minimum absolute atomic E-state index is 0.107. The molecule has 0 aliphatic heterocycles. The van der Waals surface area contributed by atoms with E-state index < -0.39 is 34.9 Å². The number of halogens is 6. The van der Waals surface area contributed by atoms with E-state index in [2.05, 4.69) is 0 Å². The largest absolute Gasteiger partial charge is 0.491 e. The quantitative estimate of drug-likeness (QED) is 0.139. The molecule has 0 radical (unpaired) electrons. The predicted octanol–water partition coefficient (Wildman–Crippen LogP) is 9.71. The topological polar surface area (TPSA) is 18.5 Å². The molecule has 0 saturated heterocycles. The minimum Gasteiger partial charge on any atom is -0.491 e. The van der Waals surface area contributed by atoms with Crippen LogP contribution >= 0.6 is 0 Å². The lowest BCUT2D eigenvalue weighted by molar-refractivity contribution is 0.288. The zero-order valence-electron chi connectivity index (χ0n) is 22.5. The van der Waals surface area contributed by atoms with Gasteiger partial charge in [-0.1, -0.05) is 43.7 Å². The van der Waals surface area contributed by atoms with E-state index in [0.717, 1.165) is 6.42 Å². The molecule has 1 aliphatic carbocycles. The third-order valence-corrected chi connectivity index (χ3v) is 7.40. The van der Waals surface area contributed by atoms with Gasteiger partial charge in [0.15, 0.2) is 34.8 Å². The Morgan fingerprint density at radius 2 is 1.05 bits per heavy atom. The van der Waals surface area contributed by atoms with Gasteiger partial charge < -0.3 is 9.47 Å². The highest BCUT2D eigenvalue weighted by Crippen LogP contribution is 2.43. The van der Waals surface area contributed by atoms with E-state index in [0.29, 0.717) is 32.1 Å². The van der Waals surface area contributed by atoms with E-state index in [-0.39, 0.29) is 58.8 Å². The van der Waals surface area contributed by atoms with Gasteiger partial charge in [0.05, 0.1) is 13.2 Å². The molecule has 8 heteroatoms. The number of hydrogen-bond donors (Lipinski definition) is 0. The van der Waals surface area contributed by atoms with Crippen LogP contribution in [-0.2, 0) is 0 Å². The van der Waals surface area contributed by atoms with Crippen molar-refractivity contribution in [3.63, 3.8) is 0 Å². The van der Waals surface area contributed by atoms with Crippen LogP contribution in [0.4, 0.5) is 26.3 Å². The molecule has 0 bridgehead atoms. The zero-order chi connectivity index (χ0) is 28.8. The molecule has 3 aromatic rings. The summed E-state index contributed by atoms with van der Waals surface area (Å²) in [6.07, 6.45) is 5.84. The van der Waals surface area contributed by atoms with Gasteiger partial charge in [0.1, 0.15) is 0 Å². The number of rotatable bonds is 10. The Labute approximate surface area is 230 Å². The number of ether oxygens (including phenoxy) is 2. The maximum Gasteiger partial charge on any atom is 0.201 e. The fraction of sp³-hybridized carbons (Fsp3) is 0.375. The Morgan fingerprint density at radius 1 is 0.600 bits per heavy atom. The average Bonchev–Trinajstić information content (AvgIpc) is 2.96. The first-order valence-corrected chi connectivity index (χ1v) is 13.6. The van der Waals surface area contributed by atoms with Crippen molar-refractivity contribution in [1.29, 1.82) is 0 Å². The lowest BCUT2D eigenvalue weighted by Gasteiger charge is -2.30. The Bertz CT molecular complexity index is 1360. The summed E-state index contributed by atoms with van der Waals surface area (Å²) < 4.78 is 98.2. The van der Waals surface area contributed by atoms with E-state index in [9.17, 15) is 22.0 Å². The van der Waals surface area contributed by atoms with E-state index in [1.54, 1.807) is 6.92 Å². The van der Waals surface area contributed by atoms with Gasteiger partial charge in [-0.05, 0) is 80.2 Å². The molecule has 3 aromatic carbocycles. The standard InChI is InChI=1S/C32H32F6O2/c1-3-5-18-40-26-16-13-22(28(34)31(26)37)11-10-21-12-14-23(29(35)27(21)33)19-6-8-20(9-7-19)24-15-17-25(39-4-2)32(38)30(24)36/h10-17,19-20H,3-9,18H2,1-2H3/b11-10+. The van der Waals surface area contributed by atoms with Crippen LogP contribution in [0.25, 0.3) is 12.2 Å². The van der Waals surface area contributed by atoms with Crippen molar-refractivity contribution in [2.45, 2.75) is 64.2 Å². The van der Waals surface area contributed by atoms with Crippen LogP contribution < -0.4 is 9.47 Å². The van der Waals surface area contributed by atoms with Gasteiger partial charge >= 0.3 is 0 Å². The molecular formula is C32H32F6O2. The van der Waals surface area contributed by atoms with Crippen molar-refractivity contribution in [1.82, 2.24) is 0 Å². The van der Waals surface area contributed by atoms with Crippen LogP contribution in [0, 0.1) is 34.9 Å². The number of unbranched alkanes of at least 4 members (excludes halogenated alkanes) is 1. The highest BCUT2D eigenvalue weighted by Gasteiger charge is 2.29. The van der Waals surface area contributed by atoms with Crippen LogP contribution in [0.3, 0.4) is 0 Å². The summed E-state index contributed by atoms with van der Waals surface area (Å²) in [7, 11) is 0. The van der Waals surface area contributed by atoms with Crippen LogP contribution in [0.2, 0.25) is 0 Å². The highest BCUT2D eigenvalue weighted by molar-refractivity contribution is 5.70. The van der Waals surface area contributed by atoms with Crippen LogP contribution in [0.1, 0.15) is 86.5 Å². The lowest BCUT2D eigenvalue weighted by Crippen LogP contribution is -2.15. The second-order valence-electron chi connectivity index (χ2n) is 9.95. The van der Waals surface area contributed by atoms with Crippen molar-refractivity contribution < 1.29 is 35.8 Å². The molecule has 0 N–H and O–H groups in total. The molecule has 0 amide bonds. The van der Waals surface area contributed by atoms with Crippen molar-refractivity contribution in [3.8, 4) is 11.5 Å². The van der Waals surface area contributed by atoms with Crippen molar-refractivity contribution in [3.05, 3.63) is 93.6 Å². The number of benzene rings is 3. The first-order valence-electron chi connectivity index (χ1n) is 13.6. The summed E-state index contributed by atoms with van der Waals surface area (Å²) in [5.41, 5.74) is 0.235. The lowest BCUT2D eigenvalue weighted by atomic mass is 9.75. The molecule has 1 saturated carbocycles. The average molecular weight is 563 g/mol. The van der Waals surface area contributed by atoms with E-state index in [1.807, 2.05) is 6.92 Å². The fourth-order valence-electron chi connectivity index (χ4n) is 5.16. The van der Waals surface area contributed by atoms with E-state index >= 15 is 4.39 Å². The minimum atomic E-state index is -1.14. The van der Waals surface area contributed by atoms with Crippen LogP contribution in [-0.4, -0.2) is 13.2 Å². The summed E-state index contributed by atoms with van der Waals surface area (Å²) in [4.78, 5) is 0. The van der Waals surface area contributed by atoms with Gasteiger partial charge in [-0.3, -0.25) is 0 Å². The first kappa shape index (κ1) is 29.6.